The SMILES string of the molecule is CN(C(=O)CN1CCC[C@H]([C@@H](O)c2nccn2C)C1)[C@@H]1CCCc2ccccc21. The van der Waals surface area contributed by atoms with Gasteiger partial charge in [-0.2, -0.15) is 0 Å². The monoisotopic (exact) mass is 396 g/mol. The van der Waals surface area contributed by atoms with Crippen LogP contribution < -0.4 is 0 Å². The second-order valence-electron chi connectivity index (χ2n) is 8.59. The molecule has 29 heavy (non-hydrogen) atoms. The van der Waals surface area contributed by atoms with Crippen LogP contribution in [0.2, 0.25) is 0 Å². The minimum atomic E-state index is -0.587. The zero-order valence-corrected chi connectivity index (χ0v) is 17.5. The summed E-state index contributed by atoms with van der Waals surface area (Å²) in [5, 5.41) is 10.8. The minimum Gasteiger partial charge on any atom is -0.385 e. The maximum absolute atomic E-state index is 13.1. The van der Waals surface area contributed by atoms with Crippen LogP contribution in [0, 0.1) is 5.92 Å². The van der Waals surface area contributed by atoms with Gasteiger partial charge in [0.05, 0.1) is 12.6 Å². The first-order valence-corrected chi connectivity index (χ1v) is 10.8. The highest BCUT2D eigenvalue weighted by Gasteiger charge is 2.32. The number of benzene rings is 1. The van der Waals surface area contributed by atoms with Gasteiger partial charge in [-0.3, -0.25) is 9.69 Å². The van der Waals surface area contributed by atoms with Crippen LogP contribution in [0.4, 0.5) is 0 Å². The van der Waals surface area contributed by atoms with E-state index in [0.717, 1.165) is 45.2 Å². The number of hydrogen-bond acceptors (Lipinski definition) is 4. The van der Waals surface area contributed by atoms with Crippen molar-refractivity contribution < 1.29 is 9.90 Å². The summed E-state index contributed by atoms with van der Waals surface area (Å²) in [5.41, 5.74) is 2.68. The Hall–Kier alpha value is -2.18. The van der Waals surface area contributed by atoms with E-state index < -0.39 is 6.10 Å². The van der Waals surface area contributed by atoms with Gasteiger partial charge in [0.2, 0.25) is 5.91 Å². The lowest BCUT2D eigenvalue weighted by Crippen LogP contribution is -2.45. The number of imidazole rings is 1. The second-order valence-corrected chi connectivity index (χ2v) is 8.59. The van der Waals surface area contributed by atoms with E-state index in [0.29, 0.717) is 12.4 Å². The Labute approximate surface area is 173 Å². The van der Waals surface area contributed by atoms with Gasteiger partial charge in [-0.15, -0.1) is 0 Å². The summed E-state index contributed by atoms with van der Waals surface area (Å²) in [6.45, 7) is 2.05. The Bertz CT molecular complexity index is 849. The van der Waals surface area contributed by atoms with Crippen LogP contribution in [0.5, 0.6) is 0 Å². The van der Waals surface area contributed by atoms with Crippen molar-refractivity contribution in [3.8, 4) is 0 Å². The number of aliphatic hydroxyl groups excluding tert-OH is 1. The van der Waals surface area contributed by atoms with E-state index in [1.54, 1.807) is 6.20 Å². The fourth-order valence-corrected chi connectivity index (χ4v) is 4.97. The van der Waals surface area contributed by atoms with Crippen molar-refractivity contribution in [1.29, 1.82) is 0 Å². The smallest absolute Gasteiger partial charge is 0.237 e. The molecule has 0 spiro atoms. The zero-order valence-electron chi connectivity index (χ0n) is 17.5. The third-order valence-electron chi connectivity index (χ3n) is 6.67. The third kappa shape index (κ3) is 4.23. The van der Waals surface area contributed by atoms with Crippen molar-refractivity contribution in [3.05, 3.63) is 53.6 Å². The van der Waals surface area contributed by atoms with E-state index in [1.807, 2.05) is 29.8 Å². The molecule has 0 bridgehead atoms. The number of aliphatic hydroxyl groups is 1. The Morgan fingerprint density at radius 1 is 1.31 bits per heavy atom. The molecule has 1 N–H and O–H groups in total. The molecule has 6 nitrogen and oxygen atoms in total. The number of likely N-dealkylation sites (N-methyl/N-ethyl adjacent to an activating group) is 1. The summed E-state index contributed by atoms with van der Waals surface area (Å²) in [6.07, 6.45) is 8.21. The van der Waals surface area contributed by atoms with Gasteiger partial charge >= 0.3 is 0 Å². The molecule has 2 aliphatic rings. The number of carbonyl (C=O) groups excluding carboxylic acids is 1. The van der Waals surface area contributed by atoms with Crippen molar-refractivity contribution in [1.82, 2.24) is 19.4 Å². The summed E-state index contributed by atoms with van der Waals surface area (Å²) in [5.74, 6) is 0.983. The summed E-state index contributed by atoms with van der Waals surface area (Å²) < 4.78 is 1.88. The van der Waals surface area contributed by atoms with Crippen molar-refractivity contribution in [2.45, 2.75) is 44.2 Å². The maximum Gasteiger partial charge on any atom is 0.237 e. The number of aromatic nitrogens is 2. The summed E-state index contributed by atoms with van der Waals surface area (Å²) in [4.78, 5) is 21.5. The predicted octanol–water partition coefficient (Wildman–Crippen LogP) is 2.70. The lowest BCUT2D eigenvalue weighted by Gasteiger charge is -2.37. The summed E-state index contributed by atoms with van der Waals surface area (Å²) >= 11 is 0. The first-order chi connectivity index (χ1) is 14.0. The zero-order chi connectivity index (χ0) is 20.4. The fraction of sp³-hybridized carbons (Fsp3) is 0.565. The number of carbonyl (C=O) groups is 1. The highest BCUT2D eigenvalue weighted by atomic mass is 16.3. The highest BCUT2D eigenvalue weighted by Crippen LogP contribution is 2.34. The van der Waals surface area contributed by atoms with Crippen molar-refractivity contribution in [2.24, 2.45) is 13.0 Å². The number of aryl methyl sites for hydroxylation is 2. The molecule has 1 amide bonds. The van der Waals surface area contributed by atoms with E-state index in [4.69, 9.17) is 0 Å². The molecule has 3 atom stereocenters. The lowest BCUT2D eigenvalue weighted by molar-refractivity contribution is -0.134. The van der Waals surface area contributed by atoms with Crippen LogP contribution >= 0.6 is 0 Å². The Morgan fingerprint density at radius 3 is 2.93 bits per heavy atom. The van der Waals surface area contributed by atoms with Gasteiger partial charge in [0, 0.05) is 39.0 Å². The Balaban J connectivity index is 1.39. The van der Waals surface area contributed by atoms with Gasteiger partial charge in [0.25, 0.3) is 0 Å². The lowest BCUT2D eigenvalue weighted by atomic mass is 9.87. The standard InChI is InChI=1S/C23H32N4O2/c1-25-14-12-24-23(25)22(29)18-9-6-13-27(15-18)16-21(28)26(2)20-11-5-8-17-7-3-4-10-19(17)20/h3-4,7,10,12,14,18,20,22,29H,5-6,8-9,11,13,15-16H2,1-2H3/t18-,20+,22+/m0/s1. The first-order valence-electron chi connectivity index (χ1n) is 10.8. The molecule has 2 aromatic rings. The van der Waals surface area contributed by atoms with Gasteiger partial charge in [0.15, 0.2) is 0 Å². The van der Waals surface area contributed by atoms with E-state index >= 15 is 0 Å². The van der Waals surface area contributed by atoms with Gasteiger partial charge in [-0.1, -0.05) is 24.3 Å². The molecule has 1 aliphatic heterocycles. The van der Waals surface area contributed by atoms with Gasteiger partial charge < -0.3 is 14.6 Å². The van der Waals surface area contributed by atoms with Gasteiger partial charge in [-0.05, 0) is 49.8 Å². The van der Waals surface area contributed by atoms with Crippen LogP contribution in [0.15, 0.2) is 36.7 Å². The van der Waals surface area contributed by atoms with E-state index in [-0.39, 0.29) is 17.9 Å². The molecule has 156 valence electrons. The molecular weight excluding hydrogens is 364 g/mol. The average Bonchev–Trinajstić information content (AvgIpc) is 3.18. The van der Waals surface area contributed by atoms with E-state index in [1.165, 1.54) is 11.1 Å². The number of fused-ring (bicyclic) bond motifs is 1. The molecule has 1 aromatic heterocycles. The molecule has 1 saturated heterocycles. The van der Waals surface area contributed by atoms with Crippen molar-refractivity contribution in [2.75, 3.05) is 26.7 Å². The number of piperidine rings is 1. The molecule has 0 radical (unpaired) electrons. The van der Waals surface area contributed by atoms with Gasteiger partial charge in [0.1, 0.15) is 11.9 Å². The average molecular weight is 397 g/mol. The minimum absolute atomic E-state index is 0.110. The van der Waals surface area contributed by atoms with Crippen LogP contribution in [0.25, 0.3) is 0 Å². The third-order valence-corrected chi connectivity index (χ3v) is 6.67. The number of rotatable bonds is 5. The fourth-order valence-electron chi connectivity index (χ4n) is 4.97. The van der Waals surface area contributed by atoms with E-state index in [9.17, 15) is 9.90 Å². The van der Waals surface area contributed by atoms with Crippen molar-refractivity contribution in [3.63, 3.8) is 0 Å². The molecule has 4 rings (SSSR count). The molecule has 1 fully saturated rings. The number of hydrogen-bond donors (Lipinski definition) is 1. The molecule has 2 heterocycles. The predicted molar refractivity (Wildman–Crippen MR) is 112 cm³/mol. The Kier molecular flexibility index (Phi) is 6.01. The molecule has 0 saturated carbocycles. The molecule has 1 aliphatic carbocycles. The van der Waals surface area contributed by atoms with Crippen molar-refractivity contribution >= 4 is 5.91 Å². The summed E-state index contributed by atoms with van der Waals surface area (Å²) in [6, 6.07) is 8.69. The van der Waals surface area contributed by atoms with Crippen LogP contribution in [0.1, 0.15) is 54.8 Å². The Morgan fingerprint density at radius 2 is 2.14 bits per heavy atom. The molecule has 1 aromatic carbocycles. The summed E-state index contributed by atoms with van der Waals surface area (Å²) in [7, 11) is 3.85. The maximum atomic E-state index is 13.1. The topological polar surface area (TPSA) is 61.6 Å². The molecule has 0 unspecified atom stereocenters. The first kappa shape index (κ1) is 20.1. The molecular formula is C23H32N4O2. The number of likely N-dealkylation sites (tertiary alicyclic amines) is 1. The quantitative estimate of drug-likeness (QED) is 0.844. The van der Waals surface area contributed by atoms with Crippen LogP contribution in [-0.4, -0.2) is 57.0 Å². The number of nitrogens with zero attached hydrogens (tertiary/aromatic N) is 4. The van der Waals surface area contributed by atoms with Crippen LogP contribution in [-0.2, 0) is 18.3 Å². The second kappa shape index (κ2) is 8.67. The molecule has 6 heteroatoms. The van der Waals surface area contributed by atoms with Gasteiger partial charge in [-0.25, -0.2) is 4.98 Å². The largest absolute Gasteiger partial charge is 0.385 e. The van der Waals surface area contributed by atoms with Crippen LogP contribution in [0.3, 0.4) is 0 Å². The normalized spacial score (nSPS) is 23.4. The highest BCUT2D eigenvalue weighted by molar-refractivity contribution is 5.78. The van der Waals surface area contributed by atoms with E-state index in [2.05, 4.69) is 34.1 Å². The number of amides is 1.